The van der Waals surface area contributed by atoms with Crippen LogP contribution < -0.4 is 5.32 Å². The third kappa shape index (κ3) is 4.96. The second-order valence-corrected chi connectivity index (χ2v) is 4.17. The third-order valence-corrected chi connectivity index (χ3v) is 2.97. The highest BCUT2D eigenvalue weighted by Gasteiger charge is 2.24. The molecule has 0 aromatic carbocycles. The van der Waals surface area contributed by atoms with Gasteiger partial charge < -0.3 is 14.8 Å². The zero-order valence-corrected chi connectivity index (χ0v) is 10.1. The van der Waals surface area contributed by atoms with Crippen molar-refractivity contribution in [1.29, 1.82) is 0 Å². The van der Waals surface area contributed by atoms with Crippen molar-refractivity contribution in [3.05, 3.63) is 0 Å². The Kier molecular flexibility index (Phi) is 6.98. The van der Waals surface area contributed by atoms with E-state index in [-0.39, 0.29) is 0 Å². The number of hydrogen-bond donors (Lipinski definition) is 1. The van der Waals surface area contributed by atoms with Gasteiger partial charge in [0, 0.05) is 25.9 Å². The number of hydrogen-bond acceptors (Lipinski definition) is 3. The predicted octanol–water partition coefficient (Wildman–Crippen LogP) is 1.82. The van der Waals surface area contributed by atoms with Gasteiger partial charge in [0.15, 0.2) is 0 Å². The van der Waals surface area contributed by atoms with Gasteiger partial charge in [-0.3, -0.25) is 0 Å². The van der Waals surface area contributed by atoms with Crippen LogP contribution in [0.1, 0.15) is 33.1 Å². The minimum Gasteiger partial charge on any atom is -0.382 e. The number of nitrogens with one attached hydrogen (secondary N) is 1. The molecule has 0 saturated carbocycles. The first kappa shape index (κ1) is 12.9. The summed E-state index contributed by atoms with van der Waals surface area (Å²) >= 11 is 0. The van der Waals surface area contributed by atoms with E-state index in [2.05, 4.69) is 12.2 Å². The highest BCUT2D eigenvalue weighted by atomic mass is 16.5. The van der Waals surface area contributed by atoms with Gasteiger partial charge in [-0.2, -0.15) is 0 Å². The zero-order chi connectivity index (χ0) is 10.9. The summed E-state index contributed by atoms with van der Waals surface area (Å²) in [5.41, 5.74) is 0. The van der Waals surface area contributed by atoms with E-state index in [0.29, 0.717) is 12.0 Å². The Bertz CT molecular complexity index is 147. The van der Waals surface area contributed by atoms with Crippen molar-refractivity contribution in [2.24, 2.45) is 5.92 Å². The van der Waals surface area contributed by atoms with Crippen molar-refractivity contribution in [2.75, 3.05) is 33.0 Å². The maximum atomic E-state index is 5.44. The molecular weight excluding hydrogens is 190 g/mol. The molecule has 0 amide bonds. The molecule has 0 spiro atoms. The Morgan fingerprint density at radius 1 is 1.47 bits per heavy atom. The number of ether oxygens (including phenoxy) is 2. The van der Waals surface area contributed by atoms with E-state index in [0.717, 1.165) is 39.4 Å². The van der Waals surface area contributed by atoms with Crippen LogP contribution in [-0.4, -0.2) is 39.0 Å². The average molecular weight is 215 g/mol. The second-order valence-electron chi connectivity index (χ2n) is 4.17. The lowest BCUT2D eigenvalue weighted by atomic mass is 9.96. The molecule has 1 saturated heterocycles. The topological polar surface area (TPSA) is 30.5 Å². The smallest absolute Gasteiger partial charge is 0.0510 e. The highest BCUT2D eigenvalue weighted by Crippen LogP contribution is 2.19. The van der Waals surface area contributed by atoms with Gasteiger partial charge in [0.05, 0.1) is 6.61 Å². The second kappa shape index (κ2) is 8.08. The minimum atomic E-state index is 0.582. The molecule has 1 aliphatic heterocycles. The first-order valence-electron chi connectivity index (χ1n) is 6.27. The zero-order valence-electron chi connectivity index (χ0n) is 10.1. The van der Waals surface area contributed by atoms with E-state index in [1.54, 1.807) is 0 Å². The molecule has 0 aromatic rings. The van der Waals surface area contributed by atoms with Gasteiger partial charge in [-0.25, -0.2) is 0 Å². The molecule has 3 nitrogen and oxygen atoms in total. The quantitative estimate of drug-likeness (QED) is 0.626. The average Bonchev–Trinajstić information content (AvgIpc) is 2.76. The van der Waals surface area contributed by atoms with Crippen LogP contribution in [0.4, 0.5) is 0 Å². The van der Waals surface area contributed by atoms with Crippen molar-refractivity contribution in [1.82, 2.24) is 5.32 Å². The summed E-state index contributed by atoms with van der Waals surface area (Å²) in [6.45, 7) is 8.91. The monoisotopic (exact) mass is 215 g/mol. The summed E-state index contributed by atoms with van der Waals surface area (Å²) in [5.74, 6) is 0.692. The fourth-order valence-electron chi connectivity index (χ4n) is 2.06. The summed E-state index contributed by atoms with van der Waals surface area (Å²) in [6, 6.07) is 0.582. The molecule has 2 unspecified atom stereocenters. The van der Waals surface area contributed by atoms with Crippen LogP contribution >= 0.6 is 0 Å². The Morgan fingerprint density at radius 3 is 2.93 bits per heavy atom. The first-order chi connectivity index (χ1) is 7.38. The molecule has 1 rings (SSSR count). The molecule has 0 aliphatic carbocycles. The van der Waals surface area contributed by atoms with Gasteiger partial charge in [-0.15, -0.1) is 0 Å². The van der Waals surface area contributed by atoms with E-state index >= 15 is 0 Å². The van der Waals surface area contributed by atoms with Crippen molar-refractivity contribution >= 4 is 0 Å². The fraction of sp³-hybridized carbons (Fsp3) is 1.00. The molecule has 90 valence electrons. The standard InChI is InChI=1S/C12H25NO2/c1-3-7-13-12(6-9-14-4-2)11-5-8-15-10-11/h11-13H,3-10H2,1-2H3. The molecule has 0 radical (unpaired) electrons. The van der Waals surface area contributed by atoms with Gasteiger partial charge in [0.2, 0.25) is 0 Å². The first-order valence-corrected chi connectivity index (χ1v) is 6.27. The van der Waals surface area contributed by atoms with E-state index in [9.17, 15) is 0 Å². The molecule has 0 bridgehead atoms. The Balaban J connectivity index is 2.23. The van der Waals surface area contributed by atoms with Gasteiger partial charge in [0.1, 0.15) is 0 Å². The van der Waals surface area contributed by atoms with Crippen molar-refractivity contribution < 1.29 is 9.47 Å². The molecule has 2 atom stereocenters. The predicted molar refractivity (Wildman–Crippen MR) is 62.1 cm³/mol. The Labute approximate surface area is 93.5 Å². The molecule has 3 heteroatoms. The van der Waals surface area contributed by atoms with Crippen LogP contribution in [0.2, 0.25) is 0 Å². The van der Waals surface area contributed by atoms with E-state index in [1.807, 2.05) is 6.92 Å². The van der Waals surface area contributed by atoms with Crippen LogP contribution in [-0.2, 0) is 9.47 Å². The molecule has 1 N–H and O–H groups in total. The van der Waals surface area contributed by atoms with Crippen LogP contribution in [0.15, 0.2) is 0 Å². The fourth-order valence-corrected chi connectivity index (χ4v) is 2.06. The summed E-state index contributed by atoms with van der Waals surface area (Å²) in [6.07, 6.45) is 3.51. The molecular formula is C12H25NO2. The normalized spacial score (nSPS) is 23.2. The van der Waals surface area contributed by atoms with Crippen molar-refractivity contribution in [2.45, 2.75) is 39.2 Å². The summed E-state index contributed by atoms with van der Waals surface area (Å²) in [7, 11) is 0. The van der Waals surface area contributed by atoms with Gasteiger partial charge in [0.25, 0.3) is 0 Å². The van der Waals surface area contributed by atoms with Crippen LogP contribution in [0.3, 0.4) is 0 Å². The minimum absolute atomic E-state index is 0.582. The molecule has 0 aromatic heterocycles. The lowest BCUT2D eigenvalue weighted by Gasteiger charge is -2.23. The summed E-state index contributed by atoms with van der Waals surface area (Å²) < 4.78 is 10.9. The van der Waals surface area contributed by atoms with Crippen LogP contribution in [0.5, 0.6) is 0 Å². The summed E-state index contributed by atoms with van der Waals surface area (Å²) in [4.78, 5) is 0. The SMILES string of the molecule is CCCNC(CCOCC)C1CCOC1. The third-order valence-electron chi connectivity index (χ3n) is 2.97. The van der Waals surface area contributed by atoms with E-state index in [4.69, 9.17) is 9.47 Å². The molecule has 15 heavy (non-hydrogen) atoms. The van der Waals surface area contributed by atoms with Gasteiger partial charge >= 0.3 is 0 Å². The van der Waals surface area contributed by atoms with Crippen molar-refractivity contribution in [3.63, 3.8) is 0 Å². The maximum absolute atomic E-state index is 5.44. The Hall–Kier alpha value is -0.120. The van der Waals surface area contributed by atoms with Gasteiger partial charge in [-0.1, -0.05) is 6.92 Å². The largest absolute Gasteiger partial charge is 0.382 e. The van der Waals surface area contributed by atoms with E-state index in [1.165, 1.54) is 12.8 Å². The van der Waals surface area contributed by atoms with Crippen molar-refractivity contribution in [3.8, 4) is 0 Å². The maximum Gasteiger partial charge on any atom is 0.0510 e. The lowest BCUT2D eigenvalue weighted by Crippen LogP contribution is -2.38. The van der Waals surface area contributed by atoms with Gasteiger partial charge in [-0.05, 0) is 38.6 Å². The summed E-state index contributed by atoms with van der Waals surface area (Å²) in [5, 5.41) is 3.61. The van der Waals surface area contributed by atoms with Crippen LogP contribution in [0, 0.1) is 5.92 Å². The van der Waals surface area contributed by atoms with Crippen LogP contribution in [0.25, 0.3) is 0 Å². The van der Waals surface area contributed by atoms with E-state index < -0.39 is 0 Å². The Morgan fingerprint density at radius 2 is 2.33 bits per heavy atom. The molecule has 1 aliphatic rings. The lowest BCUT2D eigenvalue weighted by molar-refractivity contribution is 0.122. The molecule has 1 heterocycles. The highest BCUT2D eigenvalue weighted by molar-refractivity contribution is 4.79. The molecule has 1 fully saturated rings. The number of rotatable bonds is 8.